The van der Waals surface area contributed by atoms with Crippen LogP contribution in [-0.4, -0.2) is 34.7 Å². The number of H-pyrrole nitrogens is 1. The first-order valence-electron chi connectivity index (χ1n) is 9.63. The molecule has 32 heavy (non-hydrogen) atoms. The number of aromatic nitrogens is 2. The fraction of sp³-hybridized carbons (Fsp3) is 0.0833. The molecule has 0 unspecified atom stereocenters. The number of phenols is 1. The van der Waals surface area contributed by atoms with E-state index in [1.165, 1.54) is 36.2 Å². The first kappa shape index (κ1) is 21.2. The number of ether oxygens (including phenoxy) is 2. The van der Waals surface area contributed by atoms with Gasteiger partial charge in [0.1, 0.15) is 0 Å². The number of allylic oxidation sites excluding steroid dienone is 1. The average molecular weight is 449 g/mol. The Kier molecular flexibility index (Phi) is 5.96. The first-order valence-corrected chi connectivity index (χ1v) is 10.5. The Morgan fingerprint density at radius 2 is 1.84 bits per heavy atom. The summed E-state index contributed by atoms with van der Waals surface area (Å²) in [5, 5.41) is 12.0. The monoisotopic (exact) mass is 448 g/mol. The molecule has 0 bridgehead atoms. The van der Waals surface area contributed by atoms with Crippen LogP contribution in [0.5, 0.6) is 17.2 Å². The maximum atomic E-state index is 12.8. The van der Waals surface area contributed by atoms with E-state index in [-0.39, 0.29) is 28.7 Å². The van der Waals surface area contributed by atoms with Crippen molar-refractivity contribution in [2.45, 2.75) is 0 Å². The zero-order valence-corrected chi connectivity index (χ0v) is 18.2. The number of aromatic amines is 1. The van der Waals surface area contributed by atoms with E-state index in [2.05, 4.69) is 4.98 Å². The van der Waals surface area contributed by atoms with Gasteiger partial charge in [-0.2, -0.15) is 0 Å². The number of aromatic hydroxyl groups is 1. The molecule has 162 valence electrons. The van der Waals surface area contributed by atoms with Crippen LogP contribution in [0.2, 0.25) is 0 Å². The summed E-state index contributed by atoms with van der Waals surface area (Å²) < 4.78 is 11.8. The lowest BCUT2D eigenvalue weighted by Crippen LogP contribution is -2.14. The summed E-state index contributed by atoms with van der Waals surface area (Å²) in [6, 6.07) is 13.9. The highest BCUT2D eigenvalue weighted by Gasteiger charge is 2.12. The quantitative estimate of drug-likeness (QED) is 0.320. The second-order valence-corrected chi connectivity index (χ2v) is 7.79. The molecule has 0 aliphatic heterocycles. The number of thiophene rings is 1. The van der Waals surface area contributed by atoms with Gasteiger partial charge in [-0.05, 0) is 47.4 Å². The van der Waals surface area contributed by atoms with E-state index in [0.717, 1.165) is 10.6 Å². The Balaban J connectivity index is 1.61. The number of carbonyl (C=O) groups excluding carboxylic acids is 1. The number of carbonyl (C=O) groups is 1. The van der Waals surface area contributed by atoms with Crippen LogP contribution >= 0.6 is 11.3 Å². The van der Waals surface area contributed by atoms with Crippen LogP contribution in [0.3, 0.4) is 0 Å². The molecule has 2 aromatic carbocycles. The van der Waals surface area contributed by atoms with Gasteiger partial charge in [0.15, 0.2) is 17.3 Å². The van der Waals surface area contributed by atoms with E-state index in [0.29, 0.717) is 16.8 Å². The van der Waals surface area contributed by atoms with Crippen molar-refractivity contribution in [1.29, 1.82) is 0 Å². The Bertz CT molecular complexity index is 1320. The highest BCUT2D eigenvalue weighted by atomic mass is 32.1. The molecule has 0 saturated heterocycles. The third-order valence-electron chi connectivity index (χ3n) is 4.84. The Morgan fingerprint density at radius 3 is 2.50 bits per heavy atom. The minimum absolute atomic E-state index is 0.106. The van der Waals surface area contributed by atoms with Gasteiger partial charge in [-0.1, -0.05) is 24.3 Å². The highest BCUT2D eigenvalue weighted by Crippen LogP contribution is 2.37. The van der Waals surface area contributed by atoms with Gasteiger partial charge in [-0.3, -0.25) is 9.36 Å². The zero-order valence-electron chi connectivity index (χ0n) is 17.4. The third kappa shape index (κ3) is 4.21. The van der Waals surface area contributed by atoms with Gasteiger partial charge in [0.05, 0.1) is 30.5 Å². The average Bonchev–Trinajstić information content (AvgIpc) is 3.48. The van der Waals surface area contributed by atoms with Crippen molar-refractivity contribution in [3.63, 3.8) is 0 Å². The Hall–Kier alpha value is -4.04. The van der Waals surface area contributed by atoms with Crippen LogP contribution in [0.15, 0.2) is 71.0 Å². The lowest BCUT2D eigenvalue weighted by molar-refractivity contribution is 0.104. The normalized spacial score (nSPS) is 11.1. The predicted octanol–water partition coefficient (Wildman–Crippen LogP) is 4.51. The molecule has 2 heterocycles. The highest BCUT2D eigenvalue weighted by molar-refractivity contribution is 7.13. The number of methoxy groups -OCH3 is 2. The van der Waals surface area contributed by atoms with Crippen molar-refractivity contribution >= 4 is 23.2 Å². The summed E-state index contributed by atoms with van der Waals surface area (Å²) in [6.07, 6.45) is 4.75. The van der Waals surface area contributed by atoms with Crippen LogP contribution < -0.4 is 15.2 Å². The van der Waals surface area contributed by atoms with Crippen molar-refractivity contribution < 1.29 is 19.4 Å². The van der Waals surface area contributed by atoms with Crippen LogP contribution in [0, 0.1) is 0 Å². The lowest BCUT2D eigenvalue weighted by atomic mass is 10.1. The van der Waals surface area contributed by atoms with Crippen LogP contribution in [0.1, 0.15) is 15.9 Å². The molecule has 2 N–H and O–H groups in total. The minimum atomic E-state index is -0.281. The number of phenolic OH excluding ortho intramolecular Hbond substituents is 1. The summed E-state index contributed by atoms with van der Waals surface area (Å²) in [4.78, 5) is 29.0. The van der Waals surface area contributed by atoms with Crippen molar-refractivity contribution in [2.24, 2.45) is 0 Å². The molecule has 0 saturated carbocycles. The summed E-state index contributed by atoms with van der Waals surface area (Å²) in [6.45, 7) is 0. The molecule has 0 amide bonds. The van der Waals surface area contributed by atoms with E-state index in [1.807, 2.05) is 17.5 Å². The molecule has 0 spiro atoms. The Morgan fingerprint density at radius 1 is 1.09 bits per heavy atom. The molecular weight excluding hydrogens is 428 g/mol. The summed E-state index contributed by atoms with van der Waals surface area (Å²) >= 11 is 1.53. The molecule has 0 radical (unpaired) electrons. The SMILES string of the molecule is COc1cc(/C=C/C(=O)c2cccc(-n3cc(-c4cccs4)[nH]c3=O)c2)cc(OC)c1O. The Labute approximate surface area is 187 Å². The van der Waals surface area contributed by atoms with Crippen molar-refractivity contribution in [3.8, 4) is 33.5 Å². The summed E-state index contributed by atoms with van der Waals surface area (Å²) in [7, 11) is 2.87. The fourth-order valence-electron chi connectivity index (χ4n) is 3.23. The first-order chi connectivity index (χ1) is 15.5. The van der Waals surface area contributed by atoms with Crippen LogP contribution in [-0.2, 0) is 0 Å². The molecular formula is C24H20N2O5S. The molecule has 4 aromatic rings. The number of benzene rings is 2. The van der Waals surface area contributed by atoms with E-state index in [9.17, 15) is 14.7 Å². The molecule has 0 fully saturated rings. The van der Waals surface area contributed by atoms with Crippen molar-refractivity contribution in [2.75, 3.05) is 14.2 Å². The standard InChI is InChI=1S/C24H20N2O5S/c1-30-20-11-15(12-21(31-2)23(20)28)8-9-19(27)16-5-3-6-17(13-16)26-14-18(25-24(26)29)22-7-4-10-32-22/h3-14,28H,1-2H3,(H,25,29)/b9-8+. The van der Waals surface area contributed by atoms with Crippen LogP contribution in [0.25, 0.3) is 22.3 Å². The minimum Gasteiger partial charge on any atom is -0.502 e. The van der Waals surface area contributed by atoms with E-state index >= 15 is 0 Å². The smallest absolute Gasteiger partial charge is 0.330 e. The molecule has 4 rings (SSSR count). The van der Waals surface area contributed by atoms with Gasteiger partial charge in [-0.25, -0.2) is 4.79 Å². The maximum absolute atomic E-state index is 12.8. The third-order valence-corrected chi connectivity index (χ3v) is 5.75. The number of rotatable bonds is 7. The van der Waals surface area contributed by atoms with E-state index < -0.39 is 0 Å². The number of imidazole rings is 1. The second-order valence-electron chi connectivity index (χ2n) is 6.84. The van der Waals surface area contributed by atoms with Gasteiger partial charge in [0.2, 0.25) is 5.75 Å². The topological polar surface area (TPSA) is 93.6 Å². The number of nitrogens with one attached hydrogen (secondary N) is 1. The van der Waals surface area contributed by atoms with Crippen molar-refractivity contribution in [1.82, 2.24) is 9.55 Å². The predicted molar refractivity (Wildman–Crippen MR) is 124 cm³/mol. The number of hydrogen-bond acceptors (Lipinski definition) is 6. The molecule has 0 aliphatic rings. The molecule has 8 heteroatoms. The summed E-state index contributed by atoms with van der Waals surface area (Å²) in [5.41, 5.74) is 2.08. The van der Waals surface area contributed by atoms with Crippen molar-refractivity contribution in [3.05, 3.63) is 87.8 Å². The molecule has 0 aliphatic carbocycles. The van der Waals surface area contributed by atoms with Gasteiger partial charge in [0, 0.05) is 11.8 Å². The largest absolute Gasteiger partial charge is 0.502 e. The number of nitrogens with zero attached hydrogens (tertiary/aromatic N) is 1. The van der Waals surface area contributed by atoms with Gasteiger partial charge < -0.3 is 19.6 Å². The molecule has 2 aromatic heterocycles. The number of hydrogen-bond donors (Lipinski definition) is 2. The number of ketones is 1. The van der Waals surface area contributed by atoms with Gasteiger partial charge in [0.25, 0.3) is 0 Å². The fourth-order valence-corrected chi connectivity index (χ4v) is 3.92. The van der Waals surface area contributed by atoms with Gasteiger partial charge >= 0.3 is 5.69 Å². The molecule has 0 atom stereocenters. The summed E-state index contributed by atoms with van der Waals surface area (Å²) in [5.74, 6) is 0.142. The second kappa shape index (κ2) is 8.99. The van der Waals surface area contributed by atoms with E-state index in [1.54, 1.807) is 48.7 Å². The van der Waals surface area contributed by atoms with Gasteiger partial charge in [-0.15, -0.1) is 11.3 Å². The lowest BCUT2D eigenvalue weighted by Gasteiger charge is -2.09. The molecule has 7 nitrogen and oxygen atoms in total. The van der Waals surface area contributed by atoms with Crippen LogP contribution in [0.4, 0.5) is 0 Å². The zero-order chi connectivity index (χ0) is 22.7. The van der Waals surface area contributed by atoms with E-state index in [4.69, 9.17) is 9.47 Å². The maximum Gasteiger partial charge on any atom is 0.330 e.